The minimum absolute atomic E-state index is 0.207. The molecule has 0 radical (unpaired) electrons. The lowest BCUT2D eigenvalue weighted by molar-refractivity contribution is -0.131. The number of hydrogen-bond donors (Lipinski definition) is 2. The van der Waals surface area contributed by atoms with Crippen LogP contribution in [-0.2, 0) is 9.59 Å². The molecule has 2 amide bonds. The molecule has 0 aromatic heterocycles. The highest BCUT2D eigenvalue weighted by atomic mass is 79.9. The van der Waals surface area contributed by atoms with Crippen LogP contribution in [0, 0.1) is 0 Å². The lowest BCUT2D eigenvalue weighted by atomic mass is 10.1. The maximum Gasteiger partial charge on any atom is 0.276 e. The van der Waals surface area contributed by atoms with Crippen LogP contribution in [0.4, 0.5) is 0 Å². The highest BCUT2D eigenvalue weighted by Crippen LogP contribution is 2.32. The van der Waals surface area contributed by atoms with E-state index >= 15 is 0 Å². The predicted octanol–water partition coefficient (Wildman–Crippen LogP) is 3.21. The molecule has 27 heavy (non-hydrogen) atoms. The zero-order valence-electron chi connectivity index (χ0n) is 14.3. The molecule has 6 nitrogen and oxygen atoms in total. The molecular weight excluding hydrogens is 412 g/mol. The van der Waals surface area contributed by atoms with Gasteiger partial charge in [0.05, 0.1) is 4.47 Å². The molecule has 0 atom stereocenters. The first kappa shape index (κ1) is 18.7. The summed E-state index contributed by atoms with van der Waals surface area (Å²) in [5.41, 5.74) is 4.56. The topological polar surface area (TPSA) is 76.7 Å². The van der Waals surface area contributed by atoms with E-state index < -0.39 is 11.8 Å². The third-order valence-electron chi connectivity index (χ3n) is 3.64. The van der Waals surface area contributed by atoms with Crippen molar-refractivity contribution in [2.75, 3.05) is 13.2 Å². The van der Waals surface area contributed by atoms with E-state index in [-0.39, 0.29) is 13.2 Å². The van der Waals surface area contributed by atoms with Gasteiger partial charge in [-0.15, -0.1) is 0 Å². The summed E-state index contributed by atoms with van der Waals surface area (Å²) in [6.45, 7) is -0.446. The molecular formula is C20H17BrN2O4. The van der Waals surface area contributed by atoms with Gasteiger partial charge in [0.25, 0.3) is 11.8 Å². The van der Waals surface area contributed by atoms with Gasteiger partial charge in [-0.05, 0) is 44.9 Å². The Morgan fingerprint density at radius 2 is 1.41 bits per heavy atom. The van der Waals surface area contributed by atoms with E-state index in [1.54, 1.807) is 30.3 Å². The molecule has 0 heterocycles. The summed E-state index contributed by atoms with van der Waals surface area (Å²) in [6, 6.07) is 20.5. The number of para-hydroxylation sites is 1. The van der Waals surface area contributed by atoms with Gasteiger partial charge in [0, 0.05) is 0 Å². The first-order chi connectivity index (χ1) is 13.1. The fraction of sp³-hybridized carbons (Fsp3) is 0.100. The standard InChI is InChI=1S/C20H17BrN2O4/c21-20-16-9-5-4-6-14(16)10-11-17(20)27-13-19(25)23-22-18(24)12-26-15-7-2-1-3-8-15/h1-11H,12-13H2,(H,22,24)(H,23,25). The smallest absolute Gasteiger partial charge is 0.276 e. The van der Waals surface area contributed by atoms with Crippen LogP contribution in [0.2, 0.25) is 0 Å². The van der Waals surface area contributed by atoms with Crippen molar-refractivity contribution in [1.82, 2.24) is 10.9 Å². The minimum atomic E-state index is -0.483. The maximum absolute atomic E-state index is 11.9. The maximum atomic E-state index is 11.9. The molecule has 0 aliphatic rings. The van der Waals surface area contributed by atoms with E-state index in [9.17, 15) is 9.59 Å². The first-order valence-corrected chi connectivity index (χ1v) is 8.98. The van der Waals surface area contributed by atoms with Crippen LogP contribution in [0.3, 0.4) is 0 Å². The molecule has 3 aromatic carbocycles. The number of ether oxygens (including phenoxy) is 2. The molecule has 0 aliphatic heterocycles. The molecule has 2 N–H and O–H groups in total. The summed E-state index contributed by atoms with van der Waals surface area (Å²) < 4.78 is 11.6. The van der Waals surface area contributed by atoms with Crippen molar-refractivity contribution in [2.45, 2.75) is 0 Å². The second kappa shape index (κ2) is 9.05. The molecule has 3 aromatic rings. The van der Waals surface area contributed by atoms with Crippen molar-refractivity contribution in [3.05, 3.63) is 71.2 Å². The van der Waals surface area contributed by atoms with E-state index in [1.807, 2.05) is 36.4 Å². The predicted molar refractivity (Wildman–Crippen MR) is 105 cm³/mol. The first-order valence-electron chi connectivity index (χ1n) is 8.19. The number of fused-ring (bicyclic) bond motifs is 1. The number of carbonyl (C=O) groups is 2. The van der Waals surface area contributed by atoms with Gasteiger partial charge in [-0.3, -0.25) is 20.4 Å². The van der Waals surface area contributed by atoms with Gasteiger partial charge < -0.3 is 9.47 Å². The van der Waals surface area contributed by atoms with E-state index in [0.29, 0.717) is 11.5 Å². The lowest BCUT2D eigenvalue weighted by Gasteiger charge is -2.11. The number of benzene rings is 3. The lowest BCUT2D eigenvalue weighted by Crippen LogP contribution is -2.45. The highest BCUT2D eigenvalue weighted by molar-refractivity contribution is 9.10. The van der Waals surface area contributed by atoms with Crippen LogP contribution >= 0.6 is 15.9 Å². The molecule has 0 fully saturated rings. The Balaban J connectivity index is 1.44. The van der Waals surface area contributed by atoms with Crippen LogP contribution in [0.25, 0.3) is 10.8 Å². The van der Waals surface area contributed by atoms with Gasteiger partial charge in [-0.1, -0.05) is 48.5 Å². The third kappa shape index (κ3) is 5.21. The monoisotopic (exact) mass is 428 g/mol. The SMILES string of the molecule is O=C(COc1ccccc1)NNC(=O)COc1ccc2ccccc2c1Br. The summed E-state index contributed by atoms with van der Waals surface area (Å²) in [6.07, 6.45) is 0. The van der Waals surface area contributed by atoms with Crippen molar-refractivity contribution >= 4 is 38.5 Å². The molecule has 138 valence electrons. The highest BCUT2D eigenvalue weighted by Gasteiger charge is 2.10. The summed E-state index contributed by atoms with van der Waals surface area (Å²) >= 11 is 3.49. The zero-order chi connectivity index (χ0) is 19.1. The molecule has 0 saturated carbocycles. The van der Waals surface area contributed by atoms with Crippen LogP contribution in [-0.4, -0.2) is 25.0 Å². The van der Waals surface area contributed by atoms with Crippen molar-refractivity contribution in [3.63, 3.8) is 0 Å². The molecule has 0 saturated heterocycles. The van der Waals surface area contributed by atoms with Crippen LogP contribution < -0.4 is 20.3 Å². The summed E-state index contributed by atoms with van der Waals surface area (Å²) in [7, 11) is 0. The van der Waals surface area contributed by atoms with Gasteiger partial charge in [0.1, 0.15) is 11.5 Å². The Morgan fingerprint density at radius 3 is 2.15 bits per heavy atom. The minimum Gasteiger partial charge on any atom is -0.484 e. The number of halogens is 1. The second-order valence-corrected chi connectivity index (χ2v) is 6.38. The number of nitrogens with one attached hydrogen (secondary N) is 2. The van der Waals surface area contributed by atoms with Gasteiger partial charge in [-0.2, -0.15) is 0 Å². The molecule has 0 spiro atoms. The number of rotatable bonds is 6. The largest absolute Gasteiger partial charge is 0.484 e. The Hall–Kier alpha value is -3.06. The second-order valence-electron chi connectivity index (χ2n) is 5.59. The number of carbonyl (C=O) groups excluding carboxylic acids is 2. The van der Waals surface area contributed by atoms with E-state index in [0.717, 1.165) is 15.2 Å². The fourth-order valence-corrected chi connectivity index (χ4v) is 2.95. The number of hydrazine groups is 1. The van der Waals surface area contributed by atoms with Gasteiger partial charge in [0.2, 0.25) is 0 Å². The third-order valence-corrected chi connectivity index (χ3v) is 4.46. The van der Waals surface area contributed by atoms with Gasteiger partial charge >= 0.3 is 0 Å². The van der Waals surface area contributed by atoms with Gasteiger partial charge in [0.15, 0.2) is 13.2 Å². The Kier molecular flexibility index (Phi) is 6.27. The Bertz CT molecular complexity index is 947. The Labute approximate surface area is 164 Å². The average Bonchev–Trinajstić information content (AvgIpc) is 2.71. The summed E-state index contributed by atoms with van der Waals surface area (Å²) in [5, 5.41) is 2.05. The normalized spacial score (nSPS) is 10.3. The zero-order valence-corrected chi connectivity index (χ0v) is 15.9. The van der Waals surface area contributed by atoms with Gasteiger partial charge in [-0.25, -0.2) is 0 Å². The Morgan fingerprint density at radius 1 is 0.778 bits per heavy atom. The van der Waals surface area contributed by atoms with E-state index in [1.165, 1.54) is 0 Å². The summed E-state index contributed by atoms with van der Waals surface area (Å²) in [5.74, 6) is 0.160. The molecule has 3 rings (SSSR count). The number of amides is 2. The fourth-order valence-electron chi connectivity index (χ4n) is 2.35. The van der Waals surface area contributed by atoms with Crippen LogP contribution in [0.15, 0.2) is 71.2 Å². The van der Waals surface area contributed by atoms with Crippen molar-refractivity contribution < 1.29 is 19.1 Å². The van der Waals surface area contributed by atoms with E-state index in [4.69, 9.17) is 9.47 Å². The van der Waals surface area contributed by atoms with E-state index in [2.05, 4.69) is 26.8 Å². The number of hydrogen-bond acceptors (Lipinski definition) is 4. The van der Waals surface area contributed by atoms with Crippen LogP contribution in [0.5, 0.6) is 11.5 Å². The molecule has 0 unspecified atom stereocenters. The van der Waals surface area contributed by atoms with Crippen molar-refractivity contribution in [1.29, 1.82) is 0 Å². The average molecular weight is 429 g/mol. The quantitative estimate of drug-likeness (QED) is 0.591. The molecule has 0 bridgehead atoms. The summed E-state index contributed by atoms with van der Waals surface area (Å²) in [4.78, 5) is 23.6. The molecule has 7 heteroatoms. The van der Waals surface area contributed by atoms with Crippen LogP contribution in [0.1, 0.15) is 0 Å². The molecule has 0 aliphatic carbocycles. The van der Waals surface area contributed by atoms with Crippen molar-refractivity contribution in [3.8, 4) is 11.5 Å². The van der Waals surface area contributed by atoms with Crippen molar-refractivity contribution in [2.24, 2.45) is 0 Å².